The van der Waals surface area contributed by atoms with Crippen molar-refractivity contribution in [2.24, 2.45) is 0 Å². The molecule has 39 heavy (non-hydrogen) atoms. The number of Topliss-reactive ketones (excluding diaryl/α,β-unsaturated/α-hetero) is 1. The molecular formula is C32H36N2O5. The van der Waals surface area contributed by atoms with Gasteiger partial charge in [0.25, 0.3) is 11.7 Å². The molecule has 4 rings (SSSR count). The average Bonchev–Trinajstić information content (AvgIpc) is 3.18. The van der Waals surface area contributed by atoms with Crippen LogP contribution in [0.3, 0.4) is 0 Å². The average molecular weight is 529 g/mol. The highest BCUT2D eigenvalue weighted by Crippen LogP contribution is 2.44. The first-order chi connectivity index (χ1) is 18.6. The molecule has 1 aliphatic heterocycles. The van der Waals surface area contributed by atoms with Crippen LogP contribution in [0.1, 0.15) is 55.0 Å². The summed E-state index contributed by atoms with van der Waals surface area (Å²) in [6.45, 7) is 8.34. The molecule has 7 nitrogen and oxygen atoms in total. The summed E-state index contributed by atoms with van der Waals surface area (Å²) in [6, 6.07) is 17.6. The number of aliphatic hydroxyl groups excluding tert-OH is 1. The maximum Gasteiger partial charge on any atom is 0.300 e. The highest BCUT2D eigenvalue weighted by molar-refractivity contribution is 6.51. The summed E-state index contributed by atoms with van der Waals surface area (Å²) in [5.74, 6) is -0.134. The third kappa shape index (κ3) is 5.21. The lowest BCUT2D eigenvalue weighted by Crippen LogP contribution is -2.29. The van der Waals surface area contributed by atoms with Crippen molar-refractivity contribution < 1.29 is 24.2 Å². The Bertz CT molecular complexity index is 1410. The summed E-state index contributed by atoms with van der Waals surface area (Å²) in [4.78, 5) is 30.6. The van der Waals surface area contributed by atoms with E-state index in [-0.39, 0.29) is 17.3 Å². The van der Waals surface area contributed by atoms with E-state index in [9.17, 15) is 14.7 Å². The van der Waals surface area contributed by atoms with Gasteiger partial charge in [-0.25, -0.2) is 0 Å². The lowest BCUT2D eigenvalue weighted by Gasteiger charge is -2.26. The first-order valence-electron chi connectivity index (χ1n) is 13.1. The molecule has 0 aromatic heterocycles. The molecule has 1 fully saturated rings. The van der Waals surface area contributed by atoms with Crippen molar-refractivity contribution in [3.63, 3.8) is 0 Å². The lowest BCUT2D eigenvalue weighted by molar-refractivity contribution is -0.132. The first-order valence-corrected chi connectivity index (χ1v) is 13.1. The number of methoxy groups -OCH3 is 1. The normalized spacial score (nSPS) is 16.6. The molecule has 3 aromatic rings. The Morgan fingerprint density at radius 1 is 1.03 bits per heavy atom. The third-order valence-electron chi connectivity index (χ3n) is 7.05. The molecular weight excluding hydrogens is 492 g/mol. The molecule has 204 valence electrons. The largest absolute Gasteiger partial charge is 0.507 e. The Morgan fingerprint density at radius 3 is 2.21 bits per heavy atom. The monoisotopic (exact) mass is 528 g/mol. The van der Waals surface area contributed by atoms with E-state index in [0.717, 1.165) is 16.8 Å². The van der Waals surface area contributed by atoms with E-state index in [0.29, 0.717) is 34.9 Å². The number of amides is 1. The Kier molecular flexibility index (Phi) is 8.00. The molecule has 1 amide bonds. The molecule has 0 spiro atoms. The second-order valence-electron chi connectivity index (χ2n) is 10.1. The minimum atomic E-state index is -0.817. The number of carbonyl (C=O) groups excluding carboxylic acids is 2. The second-order valence-corrected chi connectivity index (χ2v) is 10.1. The number of hydrogen-bond acceptors (Lipinski definition) is 6. The summed E-state index contributed by atoms with van der Waals surface area (Å²) in [5, 5.41) is 11.7. The van der Waals surface area contributed by atoms with Gasteiger partial charge in [0.05, 0.1) is 25.3 Å². The maximum atomic E-state index is 13.6. The lowest BCUT2D eigenvalue weighted by atomic mass is 9.91. The second kappa shape index (κ2) is 11.2. The van der Waals surface area contributed by atoms with Crippen LogP contribution in [-0.4, -0.2) is 44.6 Å². The maximum absolute atomic E-state index is 13.6. The summed E-state index contributed by atoms with van der Waals surface area (Å²) < 4.78 is 11.1. The van der Waals surface area contributed by atoms with Gasteiger partial charge in [-0.2, -0.15) is 0 Å². The fraction of sp³-hybridized carbons (Fsp3) is 0.312. The van der Waals surface area contributed by atoms with Gasteiger partial charge in [-0.15, -0.1) is 0 Å². The Morgan fingerprint density at radius 2 is 1.67 bits per heavy atom. The van der Waals surface area contributed by atoms with Crippen molar-refractivity contribution in [2.45, 2.75) is 39.7 Å². The quantitative estimate of drug-likeness (QED) is 0.213. The van der Waals surface area contributed by atoms with Crippen molar-refractivity contribution in [1.29, 1.82) is 0 Å². The number of nitrogens with zero attached hydrogens (tertiary/aromatic N) is 2. The van der Waals surface area contributed by atoms with Gasteiger partial charge >= 0.3 is 0 Å². The van der Waals surface area contributed by atoms with E-state index in [2.05, 4.69) is 0 Å². The van der Waals surface area contributed by atoms with E-state index in [4.69, 9.17) is 9.47 Å². The van der Waals surface area contributed by atoms with Gasteiger partial charge in [0.2, 0.25) is 0 Å². The number of anilines is 2. The Labute approximate surface area is 230 Å². The smallest absolute Gasteiger partial charge is 0.300 e. The molecule has 1 unspecified atom stereocenters. The molecule has 0 bridgehead atoms. The van der Waals surface area contributed by atoms with Crippen LogP contribution in [0.15, 0.2) is 66.2 Å². The zero-order valence-corrected chi connectivity index (χ0v) is 23.6. The van der Waals surface area contributed by atoms with Gasteiger partial charge < -0.3 is 19.5 Å². The molecule has 1 saturated heterocycles. The van der Waals surface area contributed by atoms with Crippen LogP contribution in [0.4, 0.5) is 11.4 Å². The van der Waals surface area contributed by atoms with Crippen LogP contribution in [0.5, 0.6) is 11.5 Å². The van der Waals surface area contributed by atoms with Gasteiger partial charge in [0.1, 0.15) is 17.3 Å². The fourth-order valence-corrected chi connectivity index (χ4v) is 4.96. The zero-order valence-electron chi connectivity index (χ0n) is 23.6. The van der Waals surface area contributed by atoms with Crippen LogP contribution >= 0.6 is 0 Å². The van der Waals surface area contributed by atoms with Crippen LogP contribution in [-0.2, 0) is 9.59 Å². The van der Waals surface area contributed by atoms with Crippen molar-refractivity contribution in [1.82, 2.24) is 0 Å². The van der Waals surface area contributed by atoms with Gasteiger partial charge in [0, 0.05) is 31.0 Å². The van der Waals surface area contributed by atoms with E-state index in [1.54, 1.807) is 31.4 Å². The van der Waals surface area contributed by atoms with Gasteiger partial charge in [-0.3, -0.25) is 14.5 Å². The van der Waals surface area contributed by atoms with Crippen LogP contribution in [0, 0.1) is 6.92 Å². The summed E-state index contributed by atoms with van der Waals surface area (Å²) in [7, 11) is 5.50. The van der Waals surface area contributed by atoms with Gasteiger partial charge in [-0.1, -0.05) is 26.0 Å². The van der Waals surface area contributed by atoms with E-state index < -0.39 is 17.7 Å². The van der Waals surface area contributed by atoms with Crippen molar-refractivity contribution >= 4 is 28.8 Å². The standard InChI is InChI=1S/C32H36N2O5/c1-8-39-24-15-13-23(14-16-24)34-29(21-9-11-22(12-10-21)33(5)6)28(31(36)32(34)37)30(35)26-18-25(19(2)3)27(38-7)17-20(26)4/h9-19,29,35H,8H2,1-7H3/b30-28+. The minimum Gasteiger partial charge on any atom is -0.507 e. The summed E-state index contributed by atoms with van der Waals surface area (Å²) in [5.41, 5.74) is 4.42. The molecule has 1 aliphatic rings. The number of hydrogen-bond donors (Lipinski definition) is 1. The van der Waals surface area contributed by atoms with Crippen molar-refractivity contribution in [3.8, 4) is 11.5 Å². The third-order valence-corrected chi connectivity index (χ3v) is 7.05. The zero-order chi connectivity index (χ0) is 28.4. The number of rotatable bonds is 8. The molecule has 0 radical (unpaired) electrons. The van der Waals surface area contributed by atoms with Crippen LogP contribution < -0.4 is 19.3 Å². The molecule has 1 atom stereocenters. The number of benzene rings is 3. The first kappa shape index (κ1) is 27.8. The Balaban J connectivity index is 1.94. The van der Waals surface area contributed by atoms with Crippen molar-refractivity contribution in [2.75, 3.05) is 37.6 Å². The number of ether oxygens (including phenoxy) is 2. The number of aliphatic hydroxyl groups is 1. The van der Waals surface area contributed by atoms with Gasteiger partial charge in [0.15, 0.2) is 0 Å². The molecule has 7 heteroatoms. The predicted octanol–water partition coefficient (Wildman–Crippen LogP) is 6.22. The van der Waals surface area contributed by atoms with E-state index in [1.807, 2.05) is 83.1 Å². The summed E-state index contributed by atoms with van der Waals surface area (Å²) in [6.07, 6.45) is 0. The molecule has 0 aliphatic carbocycles. The van der Waals surface area contributed by atoms with Crippen molar-refractivity contribution in [3.05, 3.63) is 88.5 Å². The SMILES string of the molecule is CCOc1ccc(N2C(=O)C(=O)/C(=C(/O)c3cc(C(C)C)c(OC)cc3C)C2c2ccc(N(C)C)cc2)cc1. The highest BCUT2D eigenvalue weighted by Gasteiger charge is 2.47. The number of carbonyl (C=O) groups is 2. The fourth-order valence-electron chi connectivity index (χ4n) is 4.96. The van der Waals surface area contributed by atoms with Gasteiger partial charge in [-0.05, 0) is 85.0 Å². The number of aryl methyl sites for hydroxylation is 1. The Hall–Kier alpha value is -4.26. The molecule has 1 N–H and O–H groups in total. The minimum absolute atomic E-state index is 0.0504. The summed E-state index contributed by atoms with van der Waals surface area (Å²) >= 11 is 0. The van der Waals surface area contributed by atoms with E-state index in [1.165, 1.54) is 4.90 Å². The molecule has 3 aromatic carbocycles. The van der Waals surface area contributed by atoms with E-state index >= 15 is 0 Å². The molecule has 0 saturated carbocycles. The number of ketones is 1. The van der Waals surface area contributed by atoms with Crippen LogP contribution in [0.2, 0.25) is 0 Å². The highest BCUT2D eigenvalue weighted by atomic mass is 16.5. The topological polar surface area (TPSA) is 79.3 Å². The molecule has 1 heterocycles. The van der Waals surface area contributed by atoms with Crippen LogP contribution in [0.25, 0.3) is 5.76 Å². The predicted molar refractivity (Wildman–Crippen MR) is 155 cm³/mol.